The zero-order chi connectivity index (χ0) is 22.0. The number of nitrogens with zero attached hydrogens (tertiary/aromatic N) is 2. The Morgan fingerprint density at radius 1 is 1.06 bits per heavy atom. The lowest BCUT2D eigenvalue weighted by Gasteiger charge is -2.26. The van der Waals surface area contributed by atoms with Crippen LogP contribution in [0.3, 0.4) is 0 Å². The Morgan fingerprint density at radius 2 is 1.77 bits per heavy atom. The molecule has 0 saturated carbocycles. The van der Waals surface area contributed by atoms with Crippen molar-refractivity contribution >= 4 is 21.8 Å². The lowest BCUT2D eigenvalue weighted by atomic mass is 9.98. The number of piperazine rings is 1. The maximum Gasteiger partial charge on any atom is 0.253 e. The predicted molar refractivity (Wildman–Crippen MR) is 114 cm³/mol. The smallest absolute Gasteiger partial charge is 0.253 e. The summed E-state index contributed by atoms with van der Waals surface area (Å²) in [5.41, 5.74) is 1.62. The molecule has 2 saturated heterocycles. The molecule has 0 aliphatic carbocycles. The highest BCUT2D eigenvalue weighted by atomic mass is 32.2. The number of sulfonamides is 1. The van der Waals surface area contributed by atoms with Crippen LogP contribution in [0.5, 0.6) is 5.75 Å². The van der Waals surface area contributed by atoms with Gasteiger partial charge in [-0.15, -0.1) is 0 Å². The summed E-state index contributed by atoms with van der Waals surface area (Å²) < 4.78 is 31.9. The third-order valence-corrected chi connectivity index (χ3v) is 7.66. The van der Waals surface area contributed by atoms with E-state index >= 15 is 0 Å². The SMILES string of the molecule is COc1ccc(C2CCN(C(=O)c3ccc(S(=O)(=O)N4CCNC(=O)C4)cc3)C2)cc1. The van der Waals surface area contributed by atoms with Gasteiger partial charge in [0.2, 0.25) is 15.9 Å². The standard InChI is InChI=1S/C22H25N3O5S/c1-30-19-6-2-16(3-7-19)18-10-12-24(14-18)22(27)17-4-8-20(9-5-17)31(28,29)25-13-11-23-21(26)15-25/h2-9,18H,10-15H2,1H3,(H,23,26). The average molecular weight is 444 g/mol. The van der Waals surface area contributed by atoms with E-state index in [0.717, 1.165) is 16.5 Å². The number of carbonyl (C=O) groups is 2. The Bertz CT molecular complexity index is 1070. The molecule has 8 nitrogen and oxygen atoms in total. The fourth-order valence-electron chi connectivity index (χ4n) is 4.01. The van der Waals surface area contributed by atoms with Gasteiger partial charge in [-0.05, 0) is 48.4 Å². The first-order chi connectivity index (χ1) is 14.9. The molecule has 4 rings (SSSR count). The summed E-state index contributed by atoms with van der Waals surface area (Å²) in [6, 6.07) is 13.9. The van der Waals surface area contributed by atoms with Crippen LogP contribution in [0.1, 0.15) is 28.3 Å². The summed E-state index contributed by atoms with van der Waals surface area (Å²) in [6.07, 6.45) is 0.877. The van der Waals surface area contributed by atoms with Crippen LogP contribution >= 0.6 is 0 Å². The second-order valence-electron chi connectivity index (χ2n) is 7.72. The molecule has 2 aliphatic rings. The quantitative estimate of drug-likeness (QED) is 0.755. The number of hydrogen-bond donors (Lipinski definition) is 1. The fraction of sp³-hybridized carbons (Fsp3) is 0.364. The molecule has 9 heteroatoms. The zero-order valence-electron chi connectivity index (χ0n) is 17.3. The number of amides is 2. The number of methoxy groups -OCH3 is 1. The Hall–Kier alpha value is -2.91. The van der Waals surface area contributed by atoms with E-state index in [1.165, 1.54) is 17.7 Å². The molecule has 1 N–H and O–H groups in total. The Kier molecular flexibility index (Phi) is 5.97. The van der Waals surface area contributed by atoms with Crippen LogP contribution < -0.4 is 10.1 Å². The van der Waals surface area contributed by atoms with Gasteiger partial charge < -0.3 is 15.0 Å². The third-order valence-electron chi connectivity index (χ3n) is 5.81. The van der Waals surface area contributed by atoms with Crippen LogP contribution in [0.25, 0.3) is 0 Å². The average Bonchev–Trinajstić information content (AvgIpc) is 3.29. The zero-order valence-corrected chi connectivity index (χ0v) is 18.1. The van der Waals surface area contributed by atoms with E-state index in [4.69, 9.17) is 4.74 Å². The maximum atomic E-state index is 12.9. The van der Waals surface area contributed by atoms with Crippen LogP contribution in [0.2, 0.25) is 0 Å². The van der Waals surface area contributed by atoms with Crippen LogP contribution in [0, 0.1) is 0 Å². The molecule has 2 aromatic rings. The molecular formula is C22H25N3O5S. The summed E-state index contributed by atoms with van der Waals surface area (Å²) in [5.74, 6) is 0.633. The molecule has 1 atom stereocenters. The molecule has 2 aromatic carbocycles. The number of carbonyl (C=O) groups excluding carboxylic acids is 2. The lowest BCUT2D eigenvalue weighted by Crippen LogP contribution is -2.49. The van der Waals surface area contributed by atoms with Crippen molar-refractivity contribution in [2.24, 2.45) is 0 Å². The van der Waals surface area contributed by atoms with Crippen molar-refractivity contribution in [3.8, 4) is 5.75 Å². The van der Waals surface area contributed by atoms with E-state index in [0.29, 0.717) is 25.2 Å². The van der Waals surface area contributed by atoms with Crippen molar-refractivity contribution < 1.29 is 22.7 Å². The van der Waals surface area contributed by atoms with E-state index in [-0.39, 0.29) is 35.7 Å². The topological polar surface area (TPSA) is 96.0 Å². The predicted octanol–water partition coefficient (Wildman–Crippen LogP) is 1.45. The second kappa shape index (κ2) is 8.68. The van der Waals surface area contributed by atoms with Gasteiger partial charge in [-0.3, -0.25) is 9.59 Å². The molecule has 0 radical (unpaired) electrons. The number of ether oxygens (including phenoxy) is 1. The Morgan fingerprint density at radius 3 is 2.42 bits per heavy atom. The van der Waals surface area contributed by atoms with Gasteiger partial charge in [-0.2, -0.15) is 4.31 Å². The van der Waals surface area contributed by atoms with Crippen molar-refractivity contribution in [3.05, 3.63) is 59.7 Å². The van der Waals surface area contributed by atoms with Gasteiger partial charge in [0.15, 0.2) is 0 Å². The molecule has 1 unspecified atom stereocenters. The fourth-order valence-corrected chi connectivity index (χ4v) is 5.41. The summed E-state index contributed by atoms with van der Waals surface area (Å²) in [6.45, 7) is 1.60. The third kappa shape index (κ3) is 4.42. The van der Waals surface area contributed by atoms with Gasteiger partial charge in [-0.1, -0.05) is 12.1 Å². The lowest BCUT2D eigenvalue weighted by molar-refractivity contribution is -0.122. The Balaban J connectivity index is 1.43. The van der Waals surface area contributed by atoms with Gasteiger partial charge >= 0.3 is 0 Å². The van der Waals surface area contributed by atoms with Crippen LogP contribution in [-0.4, -0.2) is 69.3 Å². The molecular weight excluding hydrogens is 418 g/mol. The first kappa shape index (κ1) is 21.3. The number of nitrogens with one attached hydrogen (secondary N) is 1. The maximum absolute atomic E-state index is 12.9. The summed E-state index contributed by atoms with van der Waals surface area (Å²) in [5, 5.41) is 2.61. The van der Waals surface area contributed by atoms with E-state index < -0.39 is 10.0 Å². The summed E-state index contributed by atoms with van der Waals surface area (Å²) in [7, 11) is -2.14. The van der Waals surface area contributed by atoms with E-state index in [2.05, 4.69) is 5.32 Å². The van der Waals surface area contributed by atoms with Crippen molar-refractivity contribution in [3.63, 3.8) is 0 Å². The minimum atomic E-state index is -3.77. The second-order valence-corrected chi connectivity index (χ2v) is 9.66. The largest absolute Gasteiger partial charge is 0.497 e. The van der Waals surface area contributed by atoms with Crippen LogP contribution in [-0.2, 0) is 14.8 Å². The molecule has 2 amide bonds. The van der Waals surface area contributed by atoms with Crippen LogP contribution in [0.4, 0.5) is 0 Å². The van der Waals surface area contributed by atoms with E-state index in [1.807, 2.05) is 24.3 Å². The summed E-state index contributed by atoms with van der Waals surface area (Å²) >= 11 is 0. The minimum absolute atomic E-state index is 0.0799. The van der Waals surface area contributed by atoms with Gasteiger partial charge in [-0.25, -0.2) is 8.42 Å². The molecule has 2 aliphatic heterocycles. The van der Waals surface area contributed by atoms with E-state index in [1.54, 1.807) is 24.1 Å². The van der Waals surface area contributed by atoms with E-state index in [9.17, 15) is 18.0 Å². The normalized spacial score (nSPS) is 19.8. The molecule has 0 bridgehead atoms. The highest BCUT2D eigenvalue weighted by Crippen LogP contribution is 2.29. The molecule has 164 valence electrons. The monoisotopic (exact) mass is 443 g/mol. The van der Waals surface area contributed by atoms with Gasteiger partial charge in [0.25, 0.3) is 5.91 Å². The number of likely N-dealkylation sites (tertiary alicyclic amines) is 1. The first-order valence-electron chi connectivity index (χ1n) is 10.2. The molecule has 2 heterocycles. The van der Waals surface area contributed by atoms with Gasteiger partial charge in [0, 0.05) is 37.7 Å². The van der Waals surface area contributed by atoms with Crippen molar-refractivity contribution in [1.82, 2.24) is 14.5 Å². The van der Waals surface area contributed by atoms with Crippen molar-refractivity contribution in [2.45, 2.75) is 17.2 Å². The minimum Gasteiger partial charge on any atom is -0.497 e. The summed E-state index contributed by atoms with van der Waals surface area (Å²) in [4.78, 5) is 26.3. The van der Waals surface area contributed by atoms with Crippen molar-refractivity contribution in [1.29, 1.82) is 0 Å². The first-order valence-corrected chi connectivity index (χ1v) is 11.6. The number of hydrogen-bond acceptors (Lipinski definition) is 5. The van der Waals surface area contributed by atoms with Crippen molar-refractivity contribution in [2.75, 3.05) is 39.8 Å². The molecule has 2 fully saturated rings. The molecule has 31 heavy (non-hydrogen) atoms. The Labute approximate surface area is 181 Å². The molecule has 0 aromatic heterocycles. The molecule has 0 spiro atoms. The number of benzene rings is 2. The van der Waals surface area contributed by atoms with Gasteiger partial charge in [0.05, 0.1) is 18.6 Å². The highest BCUT2D eigenvalue weighted by molar-refractivity contribution is 7.89. The number of rotatable bonds is 5. The van der Waals surface area contributed by atoms with Crippen LogP contribution in [0.15, 0.2) is 53.4 Å². The van der Waals surface area contributed by atoms with Gasteiger partial charge in [0.1, 0.15) is 5.75 Å². The highest BCUT2D eigenvalue weighted by Gasteiger charge is 2.30.